The molecule has 0 saturated carbocycles. The molecule has 3 heteroatoms. The number of nitrogens with zero attached hydrogens (tertiary/aromatic N) is 1. The number of ether oxygens (including phenoxy) is 1. The second-order valence-corrected chi connectivity index (χ2v) is 4.59. The third-order valence-electron chi connectivity index (χ3n) is 3.32. The van der Waals surface area contributed by atoms with Crippen LogP contribution in [0.15, 0.2) is 36.7 Å². The van der Waals surface area contributed by atoms with Crippen molar-refractivity contribution in [1.29, 1.82) is 0 Å². The molecule has 0 bridgehead atoms. The zero-order valence-corrected chi connectivity index (χ0v) is 10.1. The highest BCUT2D eigenvalue weighted by atomic mass is 16.5. The van der Waals surface area contributed by atoms with Crippen LogP contribution in [0, 0.1) is 0 Å². The molecule has 2 aromatic rings. The number of aryl methyl sites for hydroxylation is 2. The molecule has 3 nitrogen and oxygen atoms in total. The molecule has 0 N–H and O–H groups in total. The number of carbonyl (C=O) groups is 1. The minimum absolute atomic E-state index is 0.734. The van der Waals surface area contributed by atoms with Gasteiger partial charge in [-0.05, 0) is 29.7 Å². The van der Waals surface area contributed by atoms with E-state index in [0.29, 0.717) is 0 Å². The number of rotatable bonds is 4. The maximum absolute atomic E-state index is 10.6. The first kappa shape index (κ1) is 11.1. The van der Waals surface area contributed by atoms with Gasteiger partial charge in [-0.25, -0.2) is 0 Å². The van der Waals surface area contributed by atoms with Crippen LogP contribution in [0.25, 0.3) is 0 Å². The first-order chi connectivity index (χ1) is 8.85. The SMILES string of the molecule is O=Cc1ccn(CCc2ccc3c(c2)CCO3)c1. The van der Waals surface area contributed by atoms with Crippen molar-refractivity contribution in [2.75, 3.05) is 6.61 Å². The summed E-state index contributed by atoms with van der Waals surface area (Å²) in [5, 5.41) is 0. The van der Waals surface area contributed by atoms with E-state index in [0.717, 1.165) is 43.6 Å². The van der Waals surface area contributed by atoms with Gasteiger partial charge in [0.05, 0.1) is 6.61 Å². The molecule has 3 rings (SSSR count). The fraction of sp³-hybridized carbons (Fsp3) is 0.267. The second kappa shape index (κ2) is 4.69. The van der Waals surface area contributed by atoms with Gasteiger partial charge in [0.15, 0.2) is 6.29 Å². The molecule has 2 heterocycles. The predicted molar refractivity (Wildman–Crippen MR) is 69.2 cm³/mol. The lowest BCUT2D eigenvalue weighted by Crippen LogP contribution is -1.98. The maximum Gasteiger partial charge on any atom is 0.151 e. The molecule has 18 heavy (non-hydrogen) atoms. The molecule has 0 fully saturated rings. The molecule has 1 aromatic heterocycles. The Morgan fingerprint density at radius 3 is 3.11 bits per heavy atom. The van der Waals surface area contributed by atoms with Crippen LogP contribution in [0.2, 0.25) is 0 Å². The quantitative estimate of drug-likeness (QED) is 0.770. The van der Waals surface area contributed by atoms with Crippen molar-refractivity contribution in [2.45, 2.75) is 19.4 Å². The molecular formula is C15H15NO2. The minimum atomic E-state index is 0.734. The first-order valence-corrected chi connectivity index (χ1v) is 6.21. The second-order valence-electron chi connectivity index (χ2n) is 4.59. The molecule has 0 unspecified atom stereocenters. The molecule has 0 atom stereocenters. The van der Waals surface area contributed by atoms with E-state index in [1.165, 1.54) is 11.1 Å². The Hall–Kier alpha value is -2.03. The van der Waals surface area contributed by atoms with Gasteiger partial charge in [0.1, 0.15) is 5.75 Å². The molecule has 0 spiro atoms. The predicted octanol–water partition coefficient (Wildman–Crippen LogP) is 2.48. The highest BCUT2D eigenvalue weighted by molar-refractivity contribution is 5.74. The number of aldehydes is 1. The highest BCUT2D eigenvalue weighted by Gasteiger charge is 2.11. The maximum atomic E-state index is 10.6. The molecule has 92 valence electrons. The standard InChI is InChI=1S/C15H15NO2/c17-11-13-4-7-16(10-13)6-3-12-1-2-15-14(9-12)5-8-18-15/h1-2,4,7,9-11H,3,5-6,8H2. The fourth-order valence-corrected chi connectivity index (χ4v) is 2.32. The Morgan fingerprint density at radius 1 is 1.33 bits per heavy atom. The summed E-state index contributed by atoms with van der Waals surface area (Å²) in [5.74, 6) is 1.03. The van der Waals surface area contributed by atoms with Crippen LogP contribution in [0.4, 0.5) is 0 Å². The Morgan fingerprint density at radius 2 is 2.28 bits per heavy atom. The summed E-state index contributed by atoms with van der Waals surface area (Å²) in [6.45, 7) is 1.70. The third-order valence-corrected chi connectivity index (χ3v) is 3.32. The molecule has 0 radical (unpaired) electrons. The van der Waals surface area contributed by atoms with Crippen LogP contribution in [-0.4, -0.2) is 17.5 Å². The van der Waals surface area contributed by atoms with E-state index in [4.69, 9.17) is 4.74 Å². The molecule has 0 amide bonds. The largest absolute Gasteiger partial charge is 0.493 e. The lowest BCUT2D eigenvalue weighted by atomic mass is 10.1. The van der Waals surface area contributed by atoms with Crippen molar-refractivity contribution < 1.29 is 9.53 Å². The van der Waals surface area contributed by atoms with Crippen LogP contribution < -0.4 is 4.74 Å². The van der Waals surface area contributed by atoms with E-state index >= 15 is 0 Å². The number of benzene rings is 1. The van der Waals surface area contributed by atoms with Gasteiger partial charge in [-0.2, -0.15) is 0 Å². The van der Waals surface area contributed by atoms with E-state index in [1.54, 1.807) is 0 Å². The molecular weight excluding hydrogens is 226 g/mol. The topological polar surface area (TPSA) is 31.2 Å². The van der Waals surface area contributed by atoms with E-state index in [-0.39, 0.29) is 0 Å². The Bertz CT molecular complexity index is 572. The minimum Gasteiger partial charge on any atom is -0.493 e. The van der Waals surface area contributed by atoms with Gasteiger partial charge < -0.3 is 9.30 Å². The smallest absolute Gasteiger partial charge is 0.151 e. The average molecular weight is 241 g/mol. The van der Waals surface area contributed by atoms with Crippen molar-refractivity contribution >= 4 is 6.29 Å². The highest BCUT2D eigenvalue weighted by Crippen LogP contribution is 2.26. The Kier molecular flexibility index (Phi) is 2.89. The van der Waals surface area contributed by atoms with Gasteiger partial charge in [0, 0.05) is 30.9 Å². The number of aromatic nitrogens is 1. The number of hydrogen-bond acceptors (Lipinski definition) is 2. The first-order valence-electron chi connectivity index (χ1n) is 6.21. The van der Waals surface area contributed by atoms with Gasteiger partial charge in [0.25, 0.3) is 0 Å². The summed E-state index contributed by atoms with van der Waals surface area (Å²) in [5.41, 5.74) is 3.37. The zero-order valence-electron chi connectivity index (χ0n) is 10.1. The molecule has 0 aliphatic carbocycles. The number of carbonyl (C=O) groups excluding carboxylic acids is 1. The Balaban J connectivity index is 1.68. The van der Waals surface area contributed by atoms with Crippen molar-refractivity contribution in [3.8, 4) is 5.75 Å². The van der Waals surface area contributed by atoms with Gasteiger partial charge in [0.2, 0.25) is 0 Å². The summed E-state index contributed by atoms with van der Waals surface area (Å²) in [4.78, 5) is 10.6. The molecule has 1 aliphatic heterocycles. The summed E-state index contributed by atoms with van der Waals surface area (Å²) >= 11 is 0. The van der Waals surface area contributed by atoms with Gasteiger partial charge in [-0.15, -0.1) is 0 Å². The Labute approximate surface area is 106 Å². The van der Waals surface area contributed by atoms with Crippen LogP contribution in [0.5, 0.6) is 5.75 Å². The summed E-state index contributed by atoms with van der Waals surface area (Å²) in [6, 6.07) is 8.24. The number of fused-ring (bicyclic) bond motifs is 1. The van der Waals surface area contributed by atoms with Crippen LogP contribution in [0.3, 0.4) is 0 Å². The van der Waals surface area contributed by atoms with Crippen molar-refractivity contribution in [2.24, 2.45) is 0 Å². The summed E-state index contributed by atoms with van der Waals surface area (Å²) in [6.07, 6.45) is 6.69. The zero-order chi connectivity index (χ0) is 12.4. The van der Waals surface area contributed by atoms with E-state index in [1.807, 2.05) is 23.0 Å². The van der Waals surface area contributed by atoms with Crippen molar-refractivity contribution in [3.05, 3.63) is 53.3 Å². The fourth-order valence-electron chi connectivity index (χ4n) is 2.32. The lowest BCUT2D eigenvalue weighted by molar-refractivity contribution is 0.112. The van der Waals surface area contributed by atoms with Crippen molar-refractivity contribution in [3.63, 3.8) is 0 Å². The average Bonchev–Trinajstić information content (AvgIpc) is 3.04. The van der Waals surface area contributed by atoms with Crippen LogP contribution in [0.1, 0.15) is 21.5 Å². The summed E-state index contributed by atoms with van der Waals surface area (Å²) < 4.78 is 7.54. The van der Waals surface area contributed by atoms with Crippen molar-refractivity contribution in [1.82, 2.24) is 4.57 Å². The van der Waals surface area contributed by atoms with Crippen LogP contribution >= 0.6 is 0 Å². The monoisotopic (exact) mass is 241 g/mol. The van der Waals surface area contributed by atoms with Gasteiger partial charge in [-0.3, -0.25) is 4.79 Å². The lowest BCUT2D eigenvalue weighted by Gasteiger charge is -2.05. The van der Waals surface area contributed by atoms with Gasteiger partial charge in [-0.1, -0.05) is 12.1 Å². The van der Waals surface area contributed by atoms with Crippen LogP contribution in [-0.2, 0) is 19.4 Å². The third kappa shape index (κ3) is 2.16. The van der Waals surface area contributed by atoms with E-state index in [2.05, 4.69) is 18.2 Å². The number of hydrogen-bond donors (Lipinski definition) is 0. The molecule has 0 saturated heterocycles. The summed E-state index contributed by atoms with van der Waals surface area (Å²) in [7, 11) is 0. The van der Waals surface area contributed by atoms with Gasteiger partial charge >= 0.3 is 0 Å². The molecule has 1 aromatic carbocycles. The normalized spacial score (nSPS) is 13.1. The molecule has 1 aliphatic rings. The van der Waals surface area contributed by atoms with E-state index < -0.39 is 0 Å². The van der Waals surface area contributed by atoms with E-state index in [9.17, 15) is 4.79 Å².